The zero-order valence-electron chi connectivity index (χ0n) is 16.9. The molecule has 0 aliphatic rings. The molecule has 160 valence electrons. The van der Waals surface area contributed by atoms with Crippen LogP contribution in [-0.2, 0) is 11.0 Å². The van der Waals surface area contributed by atoms with E-state index in [1.54, 1.807) is 5.38 Å². The molecule has 0 atom stereocenters. The predicted molar refractivity (Wildman–Crippen MR) is 113 cm³/mol. The number of benzene rings is 1. The Labute approximate surface area is 174 Å². The predicted octanol–water partition coefficient (Wildman–Crippen LogP) is 7.69. The third-order valence-corrected chi connectivity index (χ3v) is 5.63. The number of halogens is 3. The van der Waals surface area contributed by atoms with Gasteiger partial charge in [-0.1, -0.05) is 70.4 Å². The number of carbonyl (C=O) groups excluding carboxylic acids is 1. The van der Waals surface area contributed by atoms with Crippen molar-refractivity contribution < 1.29 is 18.0 Å². The molecule has 0 saturated carbocycles. The quantitative estimate of drug-likeness (QED) is 0.354. The summed E-state index contributed by atoms with van der Waals surface area (Å²) in [6, 6.07) is 4.88. The lowest BCUT2D eigenvalue weighted by Crippen LogP contribution is -2.11. The van der Waals surface area contributed by atoms with Crippen molar-refractivity contribution in [2.75, 3.05) is 5.32 Å². The van der Waals surface area contributed by atoms with Crippen LogP contribution >= 0.6 is 11.3 Å². The fourth-order valence-corrected chi connectivity index (χ4v) is 3.83. The van der Waals surface area contributed by atoms with Gasteiger partial charge < -0.3 is 5.32 Å². The van der Waals surface area contributed by atoms with E-state index in [9.17, 15) is 18.0 Å². The minimum absolute atomic E-state index is 0.0720. The van der Waals surface area contributed by atoms with Gasteiger partial charge in [-0.2, -0.15) is 13.2 Å². The van der Waals surface area contributed by atoms with Gasteiger partial charge in [-0.3, -0.25) is 4.79 Å². The molecular formula is C22H29F3N2OS. The van der Waals surface area contributed by atoms with Gasteiger partial charge in [0.15, 0.2) is 0 Å². The molecule has 2 aromatic rings. The molecule has 0 aliphatic carbocycles. The van der Waals surface area contributed by atoms with Crippen molar-refractivity contribution in [2.45, 2.75) is 77.3 Å². The Morgan fingerprint density at radius 1 is 0.966 bits per heavy atom. The number of aromatic nitrogens is 1. The highest BCUT2D eigenvalue weighted by molar-refractivity contribution is 7.13. The third-order valence-electron chi connectivity index (χ3n) is 4.74. The molecule has 0 aliphatic heterocycles. The van der Waals surface area contributed by atoms with Gasteiger partial charge in [-0.25, -0.2) is 4.98 Å². The van der Waals surface area contributed by atoms with E-state index in [0.29, 0.717) is 22.8 Å². The standard InChI is InChI=1S/C22H29F3N2OS/c1-2-3-4-5-6-7-8-9-10-11-20(28)26-19-16-29-21(27-19)17-12-14-18(15-13-17)22(23,24)25/h12-16H,2-11H2,1H3,(H,26,28). The third kappa shape index (κ3) is 8.56. The Hall–Kier alpha value is -1.89. The van der Waals surface area contributed by atoms with Crippen molar-refractivity contribution in [2.24, 2.45) is 0 Å². The van der Waals surface area contributed by atoms with E-state index in [1.165, 1.54) is 62.0 Å². The van der Waals surface area contributed by atoms with E-state index in [4.69, 9.17) is 0 Å². The van der Waals surface area contributed by atoms with Crippen molar-refractivity contribution in [1.82, 2.24) is 4.98 Å². The van der Waals surface area contributed by atoms with Crippen LogP contribution in [0.1, 0.15) is 76.7 Å². The fourth-order valence-electron chi connectivity index (χ4n) is 3.07. The first-order chi connectivity index (χ1) is 13.9. The number of nitrogens with zero attached hydrogens (tertiary/aromatic N) is 1. The van der Waals surface area contributed by atoms with Gasteiger partial charge in [0.25, 0.3) is 0 Å². The number of thiazole rings is 1. The van der Waals surface area contributed by atoms with Crippen LogP contribution in [0.2, 0.25) is 0 Å². The maximum Gasteiger partial charge on any atom is 0.416 e. The van der Waals surface area contributed by atoms with E-state index >= 15 is 0 Å². The van der Waals surface area contributed by atoms with Crippen LogP contribution in [0.4, 0.5) is 19.0 Å². The van der Waals surface area contributed by atoms with Crippen molar-refractivity contribution >= 4 is 23.1 Å². The Balaban J connectivity index is 1.68. The zero-order chi connectivity index (χ0) is 21.1. The summed E-state index contributed by atoms with van der Waals surface area (Å²) in [4.78, 5) is 16.4. The first-order valence-corrected chi connectivity index (χ1v) is 11.2. The van der Waals surface area contributed by atoms with Crippen LogP contribution in [0.5, 0.6) is 0 Å². The Bertz CT molecular complexity index is 741. The molecule has 7 heteroatoms. The summed E-state index contributed by atoms with van der Waals surface area (Å²) in [5.74, 6) is 0.378. The minimum atomic E-state index is -4.35. The summed E-state index contributed by atoms with van der Waals surface area (Å²) >= 11 is 1.29. The van der Waals surface area contributed by atoms with Crippen LogP contribution in [-0.4, -0.2) is 10.9 Å². The zero-order valence-corrected chi connectivity index (χ0v) is 17.7. The van der Waals surface area contributed by atoms with Crippen LogP contribution in [0.3, 0.4) is 0 Å². The average Bonchev–Trinajstić information content (AvgIpc) is 3.14. The number of unbranched alkanes of at least 4 members (excludes halogenated alkanes) is 8. The maximum absolute atomic E-state index is 12.6. The van der Waals surface area contributed by atoms with Crippen molar-refractivity contribution in [1.29, 1.82) is 0 Å². The van der Waals surface area contributed by atoms with Gasteiger partial charge in [0.05, 0.1) is 5.56 Å². The molecule has 0 saturated heterocycles. The molecule has 3 nitrogen and oxygen atoms in total. The summed E-state index contributed by atoms with van der Waals surface area (Å²) in [6.07, 6.45) is 6.89. The topological polar surface area (TPSA) is 42.0 Å². The number of anilines is 1. The monoisotopic (exact) mass is 426 g/mol. The SMILES string of the molecule is CCCCCCCCCCCC(=O)Nc1csc(-c2ccc(C(F)(F)F)cc2)n1. The van der Waals surface area contributed by atoms with E-state index < -0.39 is 11.7 Å². The second-order valence-electron chi connectivity index (χ2n) is 7.24. The molecule has 1 aromatic carbocycles. The first kappa shape index (κ1) is 23.4. The summed E-state index contributed by atoms with van der Waals surface area (Å²) in [5, 5.41) is 5.06. The smallest absolute Gasteiger partial charge is 0.310 e. The lowest BCUT2D eigenvalue weighted by Gasteiger charge is -2.06. The summed E-state index contributed by atoms with van der Waals surface area (Å²) in [6.45, 7) is 2.21. The minimum Gasteiger partial charge on any atom is -0.310 e. The Morgan fingerprint density at radius 3 is 2.14 bits per heavy atom. The molecule has 1 heterocycles. The van der Waals surface area contributed by atoms with E-state index in [1.807, 2.05) is 0 Å². The van der Waals surface area contributed by atoms with Gasteiger partial charge in [-0.05, 0) is 18.6 Å². The number of rotatable bonds is 12. The molecule has 2 rings (SSSR count). The highest BCUT2D eigenvalue weighted by Crippen LogP contribution is 2.32. The molecule has 1 amide bonds. The van der Waals surface area contributed by atoms with Crippen molar-refractivity contribution in [3.8, 4) is 10.6 Å². The number of nitrogens with one attached hydrogen (secondary N) is 1. The van der Waals surface area contributed by atoms with Crippen LogP contribution < -0.4 is 5.32 Å². The summed E-state index contributed by atoms with van der Waals surface area (Å²) in [5.41, 5.74) is -0.0882. The molecule has 0 fully saturated rings. The molecule has 29 heavy (non-hydrogen) atoms. The van der Waals surface area contributed by atoms with Gasteiger partial charge in [0.2, 0.25) is 5.91 Å². The number of alkyl halides is 3. The number of hydrogen-bond acceptors (Lipinski definition) is 3. The van der Waals surface area contributed by atoms with Crippen LogP contribution in [0, 0.1) is 0 Å². The van der Waals surface area contributed by atoms with Crippen LogP contribution in [0.15, 0.2) is 29.6 Å². The van der Waals surface area contributed by atoms with E-state index in [2.05, 4.69) is 17.2 Å². The Kier molecular flexibility index (Phi) is 9.64. The number of amides is 1. The van der Waals surface area contributed by atoms with Gasteiger partial charge in [0.1, 0.15) is 10.8 Å². The molecule has 0 spiro atoms. The first-order valence-electron chi connectivity index (χ1n) is 10.3. The van der Waals surface area contributed by atoms with Gasteiger partial charge in [0, 0.05) is 17.4 Å². The lowest BCUT2D eigenvalue weighted by molar-refractivity contribution is -0.137. The fraction of sp³-hybridized carbons (Fsp3) is 0.545. The largest absolute Gasteiger partial charge is 0.416 e. The van der Waals surface area contributed by atoms with Gasteiger partial charge in [-0.15, -0.1) is 11.3 Å². The normalized spacial score (nSPS) is 11.6. The van der Waals surface area contributed by atoms with Crippen molar-refractivity contribution in [3.05, 3.63) is 35.2 Å². The highest BCUT2D eigenvalue weighted by Gasteiger charge is 2.30. The summed E-state index contributed by atoms with van der Waals surface area (Å²) < 4.78 is 37.9. The second kappa shape index (κ2) is 12.0. The molecule has 0 radical (unpaired) electrons. The lowest BCUT2D eigenvalue weighted by atomic mass is 10.1. The van der Waals surface area contributed by atoms with Gasteiger partial charge >= 0.3 is 6.18 Å². The Morgan fingerprint density at radius 2 is 1.55 bits per heavy atom. The molecule has 0 bridgehead atoms. The molecule has 1 N–H and O–H groups in total. The number of hydrogen-bond donors (Lipinski definition) is 1. The molecule has 1 aromatic heterocycles. The maximum atomic E-state index is 12.6. The van der Waals surface area contributed by atoms with E-state index in [0.717, 1.165) is 31.4 Å². The second-order valence-corrected chi connectivity index (χ2v) is 8.10. The van der Waals surface area contributed by atoms with E-state index in [-0.39, 0.29) is 5.91 Å². The van der Waals surface area contributed by atoms with Crippen molar-refractivity contribution in [3.63, 3.8) is 0 Å². The average molecular weight is 427 g/mol. The number of carbonyl (C=O) groups is 1. The molecule has 0 unspecified atom stereocenters. The van der Waals surface area contributed by atoms with Crippen LogP contribution in [0.25, 0.3) is 10.6 Å². The highest BCUT2D eigenvalue weighted by atomic mass is 32.1. The summed E-state index contributed by atoms with van der Waals surface area (Å²) in [7, 11) is 0. The molecular weight excluding hydrogens is 397 g/mol.